The Hall–Kier alpha value is -2.56. The van der Waals surface area contributed by atoms with Gasteiger partial charge >= 0.3 is 5.69 Å². The molecule has 24 heavy (non-hydrogen) atoms. The van der Waals surface area contributed by atoms with E-state index in [4.69, 9.17) is 5.41 Å². The van der Waals surface area contributed by atoms with Crippen LogP contribution >= 0.6 is 0 Å². The standard InChI is InChI=1S/C13H19N7O3S/c1-4-6-24(22,23)16-8-10-15-7-9-11(17-10)18-13(21)20(9)12(14)19(3)5-2/h7-8,14H,4-6H2,1-3H3,(H,15,17,18,21). The van der Waals surface area contributed by atoms with E-state index < -0.39 is 15.7 Å². The average molecular weight is 353 g/mol. The summed E-state index contributed by atoms with van der Waals surface area (Å²) in [5.41, 5.74) is 0.0229. The molecule has 0 amide bonds. The molecule has 0 aliphatic heterocycles. The lowest BCUT2D eigenvalue weighted by Gasteiger charge is -2.17. The van der Waals surface area contributed by atoms with Gasteiger partial charge in [0.1, 0.15) is 5.52 Å². The number of hydrogen-bond acceptors (Lipinski definition) is 6. The second-order valence-electron chi connectivity index (χ2n) is 5.09. The van der Waals surface area contributed by atoms with Gasteiger partial charge in [-0.1, -0.05) is 6.92 Å². The maximum Gasteiger partial charge on any atom is 0.334 e. The third kappa shape index (κ3) is 3.67. The van der Waals surface area contributed by atoms with Crippen LogP contribution in [0.2, 0.25) is 0 Å². The van der Waals surface area contributed by atoms with Crippen molar-refractivity contribution in [3.05, 3.63) is 22.5 Å². The number of aromatic nitrogens is 4. The molecule has 2 heterocycles. The highest BCUT2D eigenvalue weighted by molar-refractivity contribution is 7.90. The number of fused-ring (bicyclic) bond motifs is 1. The molecular weight excluding hydrogens is 334 g/mol. The lowest BCUT2D eigenvalue weighted by Crippen LogP contribution is -2.37. The van der Waals surface area contributed by atoms with E-state index in [2.05, 4.69) is 19.3 Å². The molecule has 2 aromatic heterocycles. The second-order valence-corrected chi connectivity index (χ2v) is 6.87. The van der Waals surface area contributed by atoms with Gasteiger partial charge in [0.15, 0.2) is 11.5 Å². The maximum absolute atomic E-state index is 12.1. The SMILES string of the molecule is CCCS(=O)(=O)N=Cc1ncc2c(n1)[nH]c(=O)n2C(=N)N(C)CC. The Bertz CT molecular complexity index is 942. The fourth-order valence-corrected chi connectivity index (χ4v) is 2.82. The Balaban J connectivity index is 2.43. The number of nitrogens with zero attached hydrogens (tertiary/aromatic N) is 5. The van der Waals surface area contributed by atoms with Crippen molar-refractivity contribution in [2.45, 2.75) is 20.3 Å². The van der Waals surface area contributed by atoms with Gasteiger partial charge in [-0.3, -0.25) is 10.4 Å². The average Bonchev–Trinajstić information content (AvgIpc) is 2.86. The van der Waals surface area contributed by atoms with Crippen LogP contribution in [0.25, 0.3) is 11.2 Å². The van der Waals surface area contributed by atoms with Gasteiger partial charge in [-0.05, 0) is 13.3 Å². The Kier molecular flexibility index (Phi) is 5.12. The first kappa shape index (κ1) is 17.8. The smallest absolute Gasteiger partial charge is 0.334 e. The fourth-order valence-electron chi connectivity index (χ4n) is 1.94. The van der Waals surface area contributed by atoms with Gasteiger partial charge in [-0.2, -0.15) is 4.40 Å². The van der Waals surface area contributed by atoms with Crippen LogP contribution in [0.5, 0.6) is 0 Å². The summed E-state index contributed by atoms with van der Waals surface area (Å²) in [6.45, 7) is 4.15. The molecule has 0 unspecified atom stereocenters. The van der Waals surface area contributed by atoms with Crippen LogP contribution in [0.15, 0.2) is 15.4 Å². The van der Waals surface area contributed by atoms with Crippen molar-refractivity contribution in [2.75, 3.05) is 19.3 Å². The third-order valence-corrected chi connectivity index (χ3v) is 4.65. The monoisotopic (exact) mass is 353 g/mol. The number of rotatable bonds is 5. The van der Waals surface area contributed by atoms with Crippen molar-refractivity contribution in [1.29, 1.82) is 5.41 Å². The van der Waals surface area contributed by atoms with Crippen molar-refractivity contribution >= 4 is 33.4 Å². The molecule has 10 nitrogen and oxygen atoms in total. The molecule has 0 bridgehead atoms. The Morgan fingerprint density at radius 2 is 2.21 bits per heavy atom. The van der Waals surface area contributed by atoms with Gasteiger partial charge < -0.3 is 4.90 Å². The summed E-state index contributed by atoms with van der Waals surface area (Å²) in [7, 11) is -1.85. The van der Waals surface area contributed by atoms with Gasteiger partial charge in [-0.15, -0.1) is 0 Å². The summed E-state index contributed by atoms with van der Waals surface area (Å²) in [6, 6.07) is 0. The van der Waals surface area contributed by atoms with Crippen LogP contribution in [-0.4, -0.2) is 64.4 Å². The molecule has 0 fully saturated rings. The van der Waals surface area contributed by atoms with Gasteiger partial charge in [0.2, 0.25) is 5.96 Å². The molecule has 2 aromatic rings. The molecule has 0 saturated heterocycles. The number of imidazole rings is 1. The molecule has 0 saturated carbocycles. The number of nitrogens with one attached hydrogen (secondary N) is 2. The van der Waals surface area contributed by atoms with Crippen molar-refractivity contribution in [3.63, 3.8) is 0 Å². The zero-order chi connectivity index (χ0) is 17.9. The van der Waals surface area contributed by atoms with Gasteiger partial charge in [0.25, 0.3) is 10.0 Å². The van der Waals surface area contributed by atoms with Gasteiger partial charge in [-0.25, -0.2) is 27.7 Å². The number of sulfonamides is 1. The fraction of sp³-hybridized carbons (Fsp3) is 0.462. The van der Waals surface area contributed by atoms with Crippen molar-refractivity contribution in [3.8, 4) is 0 Å². The molecule has 0 aliphatic carbocycles. The molecule has 2 rings (SSSR count). The number of aromatic amines is 1. The number of H-pyrrole nitrogens is 1. The topological polar surface area (TPSA) is 137 Å². The molecule has 11 heteroatoms. The van der Waals surface area contributed by atoms with Crippen LogP contribution in [0.3, 0.4) is 0 Å². The summed E-state index contributed by atoms with van der Waals surface area (Å²) in [5, 5.41) is 8.05. The summed E-state index contributed by atoms with van der Waals surface area (Å²) < 4.78 is 27.8. The highest BCUT2D eigenvalue weighted by atomic mass is 32.2. The van der Waals surface area contributed by atoms with E-state index >= 15 is 0 Å². The van der Waals surface area contributed by atoms with E-state index in [1.165, 1.54) is 6.20 Å². The Morgan fingerprint density at radius 3 is 2.83 bits per heavy atom. The minimum absolute atomic E-state index is 0.00992. The van der Waals surface area contributed by atoms with E-state index in [1.54, 1.807) is 18.9 Å². The quantitative estimate of drug-likeness (QED) is 0.574. The first-order valence-electron chi connectivity index (χ1n) is 7.35. The highest BCUT2D eigenvalue weighted by Gasteiger charge is 2.15. The molecular formula is C13H19N7O3S. The van der Waals surface area contributed by atoms with E-state index in [1.807, 2.05) is 6.92 Å². The largest absolute Gasteiger partial charge is 0.346 e. The van der Waals surface area contributed by atoms with Crippen LogP contribution in [-0.2, 0) is 10.0 Å². The van der Waals surface area contributed by atoms with Crippen molar-refractivity contribution in [2.24, 2.45) is 4.40 Å². The maximum atomic E-state index is 12.1. The predicted molar refractivity (Wildman–Crippen MR) is 91.2 cm³/mol. The van der Waals surface area contributed by atoms with Gasteiger partial charge in [0.05, 0.1) is 18.2 Å². The Labute approximate surface area is 138 Å². The number of hydrogen-bond donors (Lipinski definition) is 2. The molecule has 0 radical (unpaired) electrons. The zero-order valence-electron chi connectivity index (χ0n) is 13.6. The minimum atomic E-state index is -3.54. The first-order chi connectivity index (χ1) is 11.3. The molecule has 130 valence electrons. The zero-order valence-corrected chi connectivity index (χ0v) is 14.5. The highest BCUT2D eigenvalue weighted by Crippen LogP contribution is 2.07. The molecule has 2 N–H and O–H groups in total. The van der Waals surface area contributed by atoms with E-state index in [-0.39, 0.29) is 23.2 Å². The second kappa shape index (κ2) is 6.91. The first-order valence-corrected chi connectivity index (χ1v) is 8.95. The molecule has 0 atom stereocenters. The van der Waals surface area contributed by atoms with E-state index in [0.29, 0.717) is 18.5 Å². The summed E-state index contributed by atoms with van der Waals surface area (Å²) >= 11 is 0. The summed E-state index contributed by atoms with van der Waals surface area (Å²) in [5.74, 6) is -0.00493. The predicted octanol–water partition coefficient (Wildman–Crippen LogP) is 0.0129. The van der Waals surface area contributed by atoms with Crippen molar-refractivity contribution < 1.29 is 8.42 Å². The van der Waals surface area contributed by atoms with E-state index in [0.717, 1.165) is 10.8 Å². The molecule has 0 aromatic carbocycles. The van der Waals surface area contributed by atoms with Crippen LogP contribution in [0.4, 0.5) is 0 Å². The Morgan fingerprint density at radius 1 is 1.50 bits per heavy atom. The third-order valence-electron chi connectivity index (χ3n) is 3.30. The molecule has 0 spiro atoms. The van der Waals surface area contributed by atoms with Crippen LogP contribution in [0, 0.1) is 5.41 Å². The van der Waals surface area contributed by atoms with Gasteiger partial charge in [0, 0.05) is 13.6 Å². The van der Waals surface area contributed by atoms with Crippen molar-refractivity contribution in [1.82, 2.24) is 24.4 Å². The van der Waals surface area contributed by atoms with Crippen LogP contribution < -0.4 is 5.69 Å². The molecule has 0 aliphatic rings. The summed E-state index contributed by atoms with van der Waals surface area (Å²) in [6.07, 6.45) is 2.86. The lowest BCUT2D eigenvalue weighted by molar-refractivity contribution is 0.511. The normalized spacial score (nSPS) is 12.1. The van der Waals surface area contributed by atoms with E-state index in [9.17, 15) is 13.2 Å². The van der Waals surface area contributed by atoms with Crippen LogP contribution in [0.1, 0.15) is 26.1 Å². The lowest BCUT2D eigenvalue weighted by atomic mass is 10.5. The summed E-state index contributed by atoms with van der Waals surface area (Å²) in [4.78, 5) is 24.2. The minimum Gasteiger partial charge on any atom is -0.346 e.